The van der Waals surface area contributed by atoms with Gasteiger partial charge in [0.1, 0.15) is 18.9 Å². The Morgan fingerprint density at radius 3 is 2.41 bits per heavy atom. The molecule has 2 rings (SSSR count). The molecule has 0 unspecified atom stereocenters. The number of carbonyl (C=O) groups excluding carboxylic acids is 1. The molecule has 0 spiro atoms. The van der Waals surface area contributed by atoms with Crippen molar-refractivity contribution in [2.24, 2.45) is 0 Å². The lowest BCUT2D eigenvalue weighted by Crippen LogP contribution is -2.41. The fraction of sp³-hybridized carbons (Fsp3) is 0.350. The molecule has 0 heterocycles. The minimum Gasteiger partial charge on any atom is -0.491 e. The maximum Gasteiger partial charge on any atom is 0.240 e. The molecule has 0 aliphatic carbocycles. The number of carbonyl (C=O) groups is 1. The van der Waals surface area contributed by atoms with Crippen LogP contribution in [0.4, 0.5) is 5.69 Å². The first-order chi connectivity index (χ1) is 12.7. The van der Waals surface area contributed by atoms with E-state index in [0.717, 1.165) is 33.0 Å². The Labute approximate surface area is 161 Å². The molecule has 0 radical (unpaired) electrons. The van der Waals surface area contributed by atoms with E-state index >= 15 is 0 Å². The van der Waals surface area contributed by atoms with Crippen molar-refractivity contribution in [1.29, 1.82) is 0 Å². The smallest absolute Gasteiger partial charge is 0.240 e. The number of hydrogen-bond donors (Lipinski definition) is 1. The number of benzene rings is 2. The number of rotatable bonds is 8. The third kappa shape index (κ3) is 5.99. The molecule has 146 valence electrons. The molecular weight excluding hydrogens is 364 g/mol. The Kier molecular flexibility index (Phi) is 6.85. The van der Waals surface area contributed by atoms with E-state index in [-0.39, 0.29) is 19.0 Å². The summed E-state index contributed by atoms with van der Waals surface area (Å²) < 4.78 is 31.1. The van der Waals surface area contributed by atoms with E-state index in [0.29, 0.717) is 12.3 Å². The molecule has 2 aromatic rings. The lowest BCUT2D eigenvalue weighted by Gasteiger charge is -2.24. The number of nitrogens with one attached hydrogen (secondary N) is 1. The van der Waals surface area contributed by atoms with Gasteiger partial charge in [0.2, 0.25) is 15.9 Å². The van der Waals surface area contributed by atoms with Gasteiger partial charge in [-0.05, 0) is 44.0 Å². The van der Waals surface area contributed by atoms with Crippen LogP contribution in [0.1, 0.15) is 16.7 Å². The monoisotopic (exact) mass is 390 g/mol. The van der Waals surface area contributed by atoms with Crippen molar-refractivity contribution < 1.29 is 17.9 Å². The van der Waals surface area contributed by atoms with Gasteiger partial charge in [0.05, 0.1) is 18.5 Å². The van der Waals surface area contributed by atoms with Crippen molar-refractivity contribution in [1.82, 2.24) is 5.32 Å². The number of ether oxygens (including phenoxy) is 1. The summed E-state index contributed by atoms with van der Waals surface area (Å²) in [6, 6.07) is 13.1. The summed E-state index contributed by atoms with van der Waals surface area (Å²) in [5.74, 6) is 0.383. The van der Waals surface area contributed by atoms with Gasteiger partial charge in [0, 0.05) is 0 Å². The maximum atomic E-state index is 12.3. The average Bonchev–Trinajstić information content (AvgIpc) is 2.58. The van der Waals surface area contributed by atoms with Gasteiger partial charge in [-0.3, -0.25) is 9.10 Å². The summed E-state index contributed by atoms with van der Waals surface area (Å²) in [5.41, 5.74) is 3.36. The topological polar surface area (TPSA) is 75.7 Å². The molecule has 6 nitrogen and oxygen atoms in total. The zero-order chi connectivity index (χ0) is 20.0. The van der Waals surface area contributed by atoms with E-state index < -0.39 is 10.0 Å². The predicted molar refractivity (Wildman–Crippen MR) is 108 cm³/mol. The lowest BCUT2D eigenvalue weighted by molar-refractivity contribution is -0.119. The van der Waals surface area contributed by atoms with Gasteiger partial charge in [-0.15, -0.1) is 0 Å². The first kappa shape index (κ1) is 20.8. The van der Waals surface area contributed by atoms with Gasteiger partial charge >= 0.3 is 0 Å². The largest absolute Gasteiger partial charge is 0.491 e. The van der Waals surface area contributed by atoms with Crippen LogP contribution in [-0.4, -0.2) is 40.3 Å². The molecule has 1 amide bonds. The molecule has 1 N–H and O–H groups in total. The first-order valence-corrected chi connectivity index (χ1v) is 10.5. The van der Waals surface area contributed by atoms with E-state index in [9.17, 15) is 13.2 Å². The highest BCUT2D eigenvalue weighted by Crippen LogP contribution is 2.23. The highest BCUT2D eigenvalue weighted by molar-refractivity contribution is 7.92. The molecular formula is C20H26N2O4S. The predicted octanol–water partition coefficient (Wildman–Crippen LogP) is 2.57. The van der Waals surface area contributed by atoms with Crippen LogP contribution in [0.5, 0.6) is 5.75 Å². The fourth-order valence-electron chi connectivity index (χ4n) is 2.72. The molecule has 0 atom stereocenters. The Balaban J connectivity index is 1.95. The molecule has 0 saturated heterocycles. The van der Waals surface area contributed by atoms with Crippen LogP contribution < -0.4 is 14.4 Å². The van der Waals surface area contributed by atoms with Crippen LogP contribution in [0.3, 0.4) is 0 Å². The van der Waals surface area contributed by atoms with Gasteiger partial charge in [0.25, 0.3) is 0 Å². The fourth-order valence-corrected chi connectivity index (χ4v) is 3.64. The summed E-state index contributed by atoms with van der Waals surface area (Å²) in [6.07, 6.45) is 1.10. The van der Waals surface area contributed by atoms with Crippen molar-refractivity contribution in [3.63, 3.8) is 0 Å². The quantitative estimate of drug-likeness (QED) is 0.703. The minimum absolute atomic E-state index is 0.271. The van der Waals surface area contributed by atoms with Gasteiger partial charge in [-0.2, -0.15) is 0 Å². The second-order valence-corrected chi connectivity index (χ2v) is 8.43. The maximum absolute atomic E-state index is 12.3. The third-order valence-corrected chi connectivity index (χ3v) is 5.21. The first-order valence-electron chi connectivity index (χ1n) is 8.68. The third-order valence-electron chi connectivity index (χ3n) is 4.08. The normalized spacial score (nSPS) is 11.1. The zero-order valence-electron chi connectivity index (χ0n) is 16.2. The van der Waals surface area contributed by atoms with Crippen molar-refractivity contribution in [3.05, 3.63) is 59.2 Å². The lowest BCUT2D eigenvalue weighted by atomic mass is 10.1. The number of nitrogens with zero attached hydrogens (tertiary/aromatic N) is 1. The van der Waals surface area contributed by atoms with E-state index in [1.807, 2.05) is 57.2 Å². The minimum atomic E-state index is -3.59. The summed E-state index contributed by atoms with van der Waals surface area (Å²) in [4.78, 5) is 12.3. The molecule has 0 bridgehead atoms. The van der Waals surface area contributed by atoms with Crippen LogP contribution in [-0.2, 0) is 14.8 Å². The van der Waals surface area contributed by atoms with Gasteiger partial charge in [-0.1, -0.05) is 35.9 Å². The zero-order valence-corrected chi connectivity index (χ0v) is 17.0. The van der Waals surface area contributed by atoms with Crippen molar-refractivity contribution in [2.75, 3.05) is 30.3 Å². The van der Waals surface area contributed by atoms with Gasteiger partial charge in [-0.25, -0.2) is 8.42 Å². The molecule has 0 aromatic heterocycles. The molecule has 0 saturated carbocycles. The second-order valence-electron chi connectivity index (χ2n) is 6.52. The Hall–Kier alpha value is -2.54. The molecule has 2 aromatic carbocycles. The number of para-hydroxylation sites is 1. The van der Waals surface area contributed by atoms with Crippen LogP contribution in [0.2, 0.25) is 0 Å². The molecule has 0 fully saturated rings. The van der Waals surface area contributed by atoms with Gasteiger partial charge in [0.15, 0.2) is 0 Å². The Bertz CT molecular complexity index is 910. The van der Waals surface area contributed by atoms with Crippen LogP contribution in [0.15, 0.2) is 42.5 Å². The highest BCUT2D eigenvalue weighted by Gasteiger charge is 2.22. The molecule has 0 aliphatic rings. The van der Waals surface area contributed by atoms with E-state index in [1.54, 1.807) is 6.07 Å². The number of hydrogen-bond acceptors (Lipinski definition) is 4. The number of anilines is 1. The molecule has 0 aliphatic heterocycles. The number of aryl methyl sites for hydroxylation is 3. The summed E-state index contributed by atoms with van der Waals surface area (Å²) >= 11 is 0. The second kappa shape index (κ2) is 8.90. The van der Waals surface area contributed by atoms with Crippen molar-refractivity contribution in [2.45, 2.75) is 20.8 Å². The van der Waals surface area contributed by atoms with Crippen LogP contribution >= 0.6 is 0 Å². The van der Waals surface area contributed by atoms with Crippen LogP contribution in [0.25, 0.3) is 0 Å². The molecule has 27 heavy (non-hydrogen) atoms. The van der Waals surface area contributed by atoms with Crippen LogP contribution in [0, 0.1) is 20.8 Å². The Morgan fingerprint density at radius 1 is 1.07 bits per heavy atom. The standard InChI is InChI=1S/C20H26N2O4S/c1-15-9-10-18(17(3)13-15)22(27(4,24)25)14-20(23)21-11-12-26-19-8-6-5-7-16(19)2/h5-10,13H,11-12,14H2,1-4H3,(H,21,23). The Morgan fingerprint density at radius 2 is 1.78 bits per heavy atom. The van der Waals surface area contributed by atoms with Crippen molar-refractivity contribution >= 4 is 21.6 Å². The van der Waals surface area contributed by atoms with E-state index in [1.165, 1.54) is 0 Å². The van der Waals surface area contributed by atoms with Crippen molar-refractivity contribution in [3.8, 4) is 5.75 Å². The van der Waals surface area contributed by atoms with Gasteiger partial charge < -0.3 is 10.1 Å². The van der Waals surface area contributed by atoms with E-state index in [2.05, 4.69) is 5.32 Å². The number of amides is 1. The number of sulfonamides is 1. The highest BCUT2D eigenvalue weighted by atomic mass is 32.2. The summed E-state index contributed by atoms with van der Waals surface area (Å²) in [5, 5.41) is 2.71. The SMILES string of the molecule is Cc1ccc(N(CC(=O)NCCOc2ccccc2C)S(C)(=O)=O)c(C)c1. The average molecular weight is 391 g/mol. The summed E-state index contributed by atoms with van der Waals surface area (Å²) in [6.45, 7) is 6.03. The van der Waals surface area contributed by atoms with E-state index in [4.69, 9.17) is 4.74 Å². The summed E-state index contributed by atoms with van der Waals surface area (Å²) in [7, 11) is -3.59. The molecule has 7 heteroatoms.